The van der Waals surface area contributed by atoms with Crippen molar-refractivity contribution in [3.8, 4) is 17.2 Å². The van der Waals surface area contributed by atoms with E-state index >= 15 is 0 Å². The van der Waals surface area contributed by atoms with Crippen molar-refractivity contribution in [2.45, 2.75) is 30.9 Å². The summed E-state index contributed by atoms with van der Waals surface area (Å²) in [5.74, 6) is 2.22. The number of carbonyl (C=O) groups is 1. The van der Waals surface area contributed by atoms with E-state index in [0.717, 1.165) is 22.6 Å². The van der Waals surface area contributed by atoms with E-state index in [4.69, 9.17) is 20.9 Å². The molecule has 2 aliphatic rings. The van der Waals surface area contributed by atoms with Crippen LogP contribution in [0.5, 0.6) is 17.2 Å². The minimum absolute atomic E-state index is 0.0878. The Morgan fingerprint density at radius 3 is 3.04 bits per heavy atom. The Hall–Kier alpha value is -2.60. The minimum atomic E-state index is -0.344. The smallest absolute Gasteiger partial charge is 0.217 e. The fourth-order valence-electron chi connectivity index (χ4n) is 3.03. The average Bonchev–Trinajstić information content (AvgIpc) is 3.01. The number of primary amides is 1. The number of rotatable bonds is 5. The number of benzene rings is 1. The summed E-state index contributed by atoms with van der Waals surface area (Å²) in [4.78, 5) is 15.1. The highest BCUT2D eigenvalue weighted by Gasteiger charge is 2.56. The molecular formula is C17H17N3O3. The maximum Gasteiger partial charge on any atom is 0.217 e. The van der Waals surface area contributed by atoms with Crippen LogP contribution in [0.15, 0.2) is 36.7 Å². The second-order valence-electron chi connectivity index (χ2n) is 5.94. The zero-order chi connectivity index (χ0) is 16.0. The summed E-state index contributed by atoms with van der Waals surface area (Å²) in [5.41, 5.74) is 13.1. The number of aromatic nitrogens is 1. The molecule has 3 atom stereocenters. The van der Waals surface area contributed by atoms with Crippen molar-refractivity contribution in [2.24, 2.45) is 11.5 Å². The van der Waals surface area contributed by atoms with Crippen molar-refractivity contribution in [1.29, 1.82) is 0 Å². The first-order valence-electron chi connectivity index (χ1n) is 7.59. The fourth-order valence-corrected chi connectivity index (χ4v) is 3.03. The molecule has 1 amide bonds. The zero-order valence-electron chi connectivity index (χ0n) is 12.4. The lowest BCUT2D eigenvalue weighted by atomic mass is 10.1. The lowest BCUT2D eigenvalue weighted by Gasteiger charge is -2.12. The molecule has 0 spiro atoms. The number of nitrogens with zero attached hydrogens (tertiary/aromatic N) is 1. The van der Waals surface area contributed by atoms with E-state index in [2.05, 4.69) is 4.98 Å². The van der Waals surface area contributed by atoms with E-state index in [9.17, 15) is 4.79 Å². The molecule has 0 saturated heterocycles. The minimum Gasteiger partial charge on any atom is -0.488 e. The van der Waals surface area contributed by atoms with Gasteiger partial charge in [-0.15, -0.1) is 0 Å². The molecule has 0 bridgehead atoms. The number of pyridine rings is 1. The normalized spacial score (nSPS) is 23.6. The molecule has 118 valence electrons. The van der Waals surface area contributed by atoms with E-state index in [1.807, 2.05) is 18.2 Å². The van der Waals surface area contributed by atoms with Crippen molar-refractivity contribution in [2.75, 3.05) is 0 Å². The van der Waals surface area contributed by atoms with Gasteiger partial charge in [-0.2, -0.15) is 0 Å². The van der Waals surface area contributed by atoms with Gasteiger partial charge in [0, 0.05) is 35.9 Å². The summed E-state index contributed by atoms with van der Waals surface area (Å²) < 4.78 is 11.7. The van der Waals surface area contributed by atoms with Crippen LogP contribution in [0.4, 0.5) is 0 Å². The Balaban J connectivity index is 1.56. The van der Waals surface area contributed by atoms with Crippen molar-refractivity contribution in [3.05, 3.63) is 47.8 Å². The standard InChI is InChI=1S/C17H17N3O3/c18-14(21)4-1-9-8-20-6-5-12(9)22-10-2-3-13-11(7-10)15-16(19)17(15)23-13/h2-3,5-8,15-17H,1,4,19H2,(H2,18,21)/t15?,16-,17?/m0/s1. The van der Waals surface area contributed by atoms with Crippen LogP contribution in [0.3, 0.4) is 0 Å². The summed E-state index contributed by atoms with van der Waals surface area (Å²) in [6.07, 6.45) is 4.24. The molecule has 6 nitrogen and oxygen atoms in total. The number of hydrogen-bond acceptors (Lipinski definition) is 5. The fraction of sp³-hybridized carbons (Fsp3) is 0.294. The molecule has 4 rings (SSSR count). The van der Waals surface area contributed by atoms with Crippen LogP contribution >= 0.6 is 0 Å². The number of nitrogens with two attached hydrogens (primary N) is 2. The van der Waals surface area contributed by atoms with Crippen LogP contribution in [0.25, 0.3) is 0 Å². The van der Waals surface area contributed by atoms with E-state index < -0.39 is 0 Å². The number of fused-ring (bicyclic) bond motifs is 3. The van der Waals surface area contributed by atoms with Gasteiger partial charge in [0.25, 0.3) is 0 Å². The van der Waals surface area contributed by atoms with Gasteiger partial charge in [0.2, 0.25) is 5.91 Å². The van der Waals surface area contributed by atoms with E-state index in [1.165, 1.54) is 0 Å². The number of aryl methyl sites for hydroxylation is 1. The first kappa shape index (κ1) is 14.0. The summed E-state index contributed by atoms with van der Waals surface area (Å²) >= 11 is 0. The Bertz CT molecular complexity index is 777. The Morgan fingerprint density at radius 2 is 2.22 bits per heavy atom. The number of carbonyl (C=O) groups excluding carboxylic acids is 1. The van der Waals surface area contributed by atoms with Gasteiger partial charge in [-0.3, -0.25) is 9.78 Å². The lowest BCUT2D eigenvalue weighted by molar-refractivity contribution is -0.117. The highest BCUT2D eigenvalue weighted by atomic mass is 16.5. The van der Waals surface area contributed by atoms with Crippen molar-refractivity contribution in [3.63, 3.8) is 0 Å². The molecule has 2 heterocycles. The monoisotopic (exact) mass is 311 g/mol. The van der Waals surface area contributed by atoms with Crippen LogP contribution in [-0.2, 0) is 11.2 Å². The predicted molar refractivity (Wildman–Crippen MR) is 83.4 cm³/mol. The molecule has 1 aromatic heterocycles. The predicted octanol–water partition coefficient (Wildman–Crippen LogP) is 1.48. The number of amides is 1. The molecule has 1 fully saturated rings. The molecule has 1 aliphatic heterocycles. The van der Waals surface area contributed by atoms with Crippen LogP contribution in [0.1, 0.15) is 23.5 Å². The molecule has 4 N–H and O–H groups in total. The molecule has 2 unspecified atom stereocenters. The van der Waals surface area contributed by atoms with Gasteiger partial charge < -0.3 is 20.9 Å². The van der Waals surface area contributed by atoms with E-state index in [1.54, 1.807) is 18.5 Å². The highest BCUT2D eigenvalue weighted by Crippen LogP contribution is 2.53. The van der Waals surface area contributed by atoms with Gasteiger partial charge >= 0.3 is 0 Å². The Kier molecular flexibility index (Phi) is 3.20. The maximum absolute atomic E-state index is 11.0. The second-order valence-corrected chi connectivity index (χ2v) is 5.94. The SMILES string of the molecule is NC(=O)CCc1cnccc1Oc1ccc2c(c1)C1C(O2)[C@H]1N. The molecule has 1 saturated carbocycles. The second kappa shape index (κ2) is 5.24. The number of ether oxygens (including phenoxy) is 2. The molecule has 1 aliphatic carbocycles. The van der Waals surface area contributed by atoms with Gasteiger partial charge in [0.05, 0.1) is 6.04 Å². The largest absolute Gasteiger partial charge is 0.488 e. The third-order valence-electron chi connectivity index (χ3n) is 4.34. The lowest BCUT2D eigenvalue weighted by Crippen LogP contribution is -2.12. The molecule has 1 aromatic carbocycles. The van der Waals surface area contributed by atoms with Crippen molar-refractivity contribution in [1.82, 2.24) is 4.98 Å². The summed E-state index contributed by atoms with van der Waals surface area (Å²) in [7, 11) is 0. The van der Waals surface area contributed by atoms with Gasteiger partial charge in [0.1, 0.15) is 23.4 Å². The van der Waals surface area contributed by atoms with Gasteiger partial charge in [-0.25, -0.2) is 0 Å². The average molecular weight is 311 g/mol. The third kappa shape index (κ3) is 2.51. The van der Waals surface area contributed by atoms with Crippen LogP contribution < -0.4 is 20.9 Å². The maximum atomic E-state index is 11.0. The van der Waals surface area contributed by atoms with Gasteiger partial charge in [-0.1, -0.05) is 0 Å². The van der Waals surface area contributed by atoms with E-state index in [0.29, 0.717) is 12.2 Å². The highest BCUT2D eigenvalue weighted by molar-refractivity contribution is 5.74. The third-order valence-corrected chi connectivity index (χ3v) is 4.34. The molecular weight excluding hydrogens is 294 g/mol. The Labute approximate surface area is 133 Å². The number of hydrogen-bond donors (Lipinski definition) is 2. The van der Waals surface area contributed by atoms with Gasteiger partial charge in [-0.05, 0) is 30.7 Å². The van der Waals surface area contributed by atoms with E-state index in [-0.39, 0.29) is 30.4 Å². The summed E-state index contributed by atoms with van der Waals surface area (Å²) in [5, 5.41) is 0. The molecule has 23 heavy (non-hydrogen) atoms. The quantitative estimate of drug-likeness (QED) is 0.871. The molecule has 2 aromatic rings. The van der Waals surface area contributed by atoms with Gasteiger partial charge in [0.15, 0.2) is 0 Å². The van der Waals surface area contributed by atoms with Crippen LogP contribution in [0, 0.1) is 0 Å². The topological polar surface area (TPSA) is 100 Å². The molecule has 0 radical (unpaired) electrons. The first-order chi connectivity index (χ1) is 11.1. The van der Waals surface area contributed by atoms with Crippen molar-refractivity contribution >= 4 is 5.91 Å². The zero-order valence-corrected chi connectivity index (χ0v) is 12.4. The summed E-state index contributed by atoms with van der Waals surface area (Å²) in [6, 6.07) is 7.63. The Morgan fingerprint density at radius 1 is 1.35 bits per heavy atom. The van der Waals surface area contributed by atoms with Crippen LogP contribution in [0.2, 0.25) is 0 Å². The van der Waals surface area contributed by atoms with Crippen molar-refractivity contribution < 1.29 is 14.3 Å². The summed E-state index contributed by atoms with van der Waals surface area (Å²) in [6.45, 7) is 0. The molecule has 6 heteroatoms. The van der Waals surface area contributed by atoms with Crippen LogP contribution in [-0.4, -0.2) is 23.0 Å². The first-order valence-corrected chi connectivity index (χ1v) is 7.59.